The molecule has 1 amide bonds. The van der Waals surface area contributed by atoms with Crippen molar-refractivity contribution >= 4 is 23.4 Å². The Morgan fingerprint density at radius 1 is 1.15 bits per heavy atom. The molecule has 0 N–H and O–H groups in total. The molecule has 0 saturated heterocycles. The number of rotatable bonds is 5. The molecule has 0 spiro atoms. The third-order valence-corrected chi connectivity index (χ3v) is 6.55. The number of benzene rings is 1. The molecule has 4 rings (SSSR count). The third kappa shape index (κ3) is 3.23. The van der Waals surface area contributed by atoms with Crippen LogP contribution >= 0.6 is 11.8 Å². The summed E-state index contributed by atoms with van der Waals surface area (Å²) in [4.78, 5) is 19.2. The molecule has 1 saturated carbocycles. The van der Waals surface area contributed by atoms with E-state index in [4.69, 9.17) is 0 Å². The van der Waals surface area contributed by atoms with Gasteiger partial charge >= 0.3 is 0 Å². The highest BCUT2D eigenvalue weighted by Gasteiger charge is 2.48. The minimum absolute atomic E-state index is 0.121. The zero-order valence-electron chi connectivity index (χ0n) is 15.4. The van der Waals surface area contributed by atoms with E-state index in [0.717, 1.165) is 41.5 Å². The Labute approximate surface area is 162 Å². The van der Waals surface area contributed by atoms with E-state index >= 15 is 0 Å². The number of carbonyl (C=O) groups is 1. The van der Waals surface area contributed by atoms with Crippen LogP contribution in [0.3, 0.4) is 0 Å². The van der Waals surface area contributed by atoms with Crippen LogP contribution in [0.5, 0.6) is 0 Å². The Kier molecular flexibility index (Phi) is 4.70. The Hall–Kier alpha value is -2.67. The third-order valence-electron chi connectivity index (χ3n) is 5.04. The van der Waals surface area contributed by atoms with E-state index in [9.17, 15) is 4.79 Å². The largest absolute Gasteiger partial charge is 0.314 e. The van der Waals surface area contributed by atoms with E-state index in [0.29, 0.717) is 0 Å². The Bertz CT molecular complexity index is 938. The van der Waals surface area contributed by atoms with Gasteiger partial charge in [0.15, 0.2) is 11.0 Å². The number of thioether (sulfide) groups is 1. The first-order chi connectivity index (χ1) is 13.1. The molecule has 1 aromatic carbocycles. The van der Waals surface area contributed by atoms with Crippen molar-refractivity contribution in [1.82, 2.24) is 19.7 Å². The van der Waals surface area contributed by atoms with Crippen LogP contribution in [0, 0.1) is 0 Å². The Morgan fingerprint density at radius 3 is 2.56 bits per heavy atom. The second-order valence-electron chi connectivity index (χ2n) is 6.76. The number of anilines is 1. The zero-order chi connectivity index (χ0) is 18.9. The fourth-order valence-corrected chi connectivity index (χ4v) is 4.63. The van der Waals surface area contributed by atoms with Crippen LogP contribution in [0.1, 0.15) is 19.3 Å². The van der Waals surface area contributed by atoms with Gasteiger partial charge in [-0.15, -0.1) is 10.2 Å². The monoisotopic (exact) mass is 379 g/mol. The highest BCUT2D eigenvalue weighted by Crippen LogP contribution is 2.48. The average molecular weight is 379 g/mol. The van der Waals surface area contributed by atoms with E-state index in [-0.39, 0.29) is 5.91 Å². The molecule has 2 heterocycles. The van der Waals surface area contributed by atoms with Crippen molar-refractivity contribution in [3.63, 3.8) is 0 Å². The van der Waals surface area contributed by atoms with Gasteiger partial charge in [0.05, 0.1) is 0 Å². The molecule has 27 heavy (non-hydrogen) atoms. The van der Waals surface area contributed by atoms with Gasteiger partial charge in [-0.1, -0.05) is 30.0 Å². The van der Waals surface area contributed by atoms with Crippen molar-refractivity contribution in [2.24, 2.45) is 7.05 Å². The van der Waals surface area contributed by atoms with Crippen molar-refractivity contribution in [3.05, 3.63) is 54.9 Å². The van der Waals surface area contributed by atoms with Crippen molar-refractivity contribution in [2.45, 2.75) is 29.2 Å². The molecule has 2 aromatic heterocycles. The predicted octanol–water partition coefficient (Wildman–Crippen LogP) is 3.55. The highest BCUT2D eigenvalue weighted by molar-refractivity contribution is 8.01. The van der Waals surface area contributed by atoms with Crippen LogP contribution in [-0.4, -0.2) is 37.5 Å². The topological polar surface area (TPSA) is 63.9 Å². The first-order valence-electron chi connectivity index (χ1n) is 8.93. The van der Waals surface area contributed by atoms with Crippen LogP contribution in [0.25, 0.3) is 11.4 Å². The summed E-state index contributed by atoms with van der Waals surface area (Å²) in [6.07, 6.45) is 6.25. The summed E-state index contributed by atoms with van der Waals surface area (Å²) in [6.45, 7) is 0. The SMILES string of the molecule is CN(C(=O)C1(Sc2nnc(-c3cccnc3)n2C)CCC1)c1ccccc1. The summed E-state index contributed by atoms with van der Waals surface area (Å²) in [5, 5.41) is 9.42. The van der Waals surface area contributed by atoms with Crippen LogP contribution < -0.4 is 4.90 Å². The van der Waals surface area contributed by atoms with Crippen LogP contribution in [0.2, 0.25) is 0 Å². The first-order valence-corrected chi connectivity index (χ1v) is 9.74. The molecular weight excluding hydrogens is 358 g/mol. The molecule has 138 valence electrons. The summed E-state index contributed by atoms with van der Waals surface area (Å²) in [6, 6.07) is 13.6. The molecule has 6 nitrogen and oxygen atoms in total. The van der Waals surface area contributed by atoms with Gasteiger partial charge in [-0.25, -0.2) is 0 Å². The molecule has 0 radical (unpaired) electrons. The fourth-order valence-electron chi connectivity index (χ4n) is 3.26. The Balaban J connectivity index is 1.59. The number of amides is 1. The van der Waals surface area contributed by atoms with Crippen molar-refractivity contribution in [3.8, 4) is 11.4 Å². The van der Waals surface area contributed by atoms with Crippen molar-refractivity contribution in [1.29, 1.82) is 0 Å². The summed E-state index contributed by atoms with van der Waals surface area (Å²) in [5.74, 6) is 0.875. The number of nitrogens with zero attached hydrogens (tertiary/aromatic N) is 5. The van der Waals surface area contributed by atoms with Crippen molar-refractivity contribution in [2.75, 3.05) is 11.9 Å². The molecule has 0 bridgehead atoms. The number of para-hydroxylation sites is 1. The number of hydrogen-bond donors (Lipinski definition) is 0. The molecule has 1 fully saturated rings. The van der Waals surface area contributed by atoms with Gasteiger partial charge in [0.2, 0.25) is 5.91 Å². The average Bonchev–Trinajstić information content (AvgIpc) is 3.05. The van der Waals surface area contributed by atoms with E-state index in [1.54, 1.807) is 17.3 Å². The van der Waals surface area contributed by atoms with Gasteiger partial charge < -0.3 is 9.47 Å². The molecule has 0 aliphatic heterocycles. The second-order valence-corrected chi connectivity index (χ2v) is 8.11. The fraction of sp³-hybridized carbons (Fsp3) is 0.300. The summed E-state index contributed by atoms with van der Waals surface area (Å²) in [5.41, 5.74) is 1.82. The Morgan fingerprint density at radius 2 is 1.93 bits per heavy atom. The molecular formula is C20H21N5OS. The number of hydrogen-bond acceptors (Lipinski definition) is 5. The summed E-state index contributed by atoms with van der Waals surface area (Å²) in [7, 11) is 3.78. The first kappa shape index (κ1) is 17.7. The highest BCUT2D eigenvalue weighted by atomic mass is 32.2. The van der Waals surface area contributed by atoms with Gasteiger partial charge in [0.1, 0.15) is 4.75 Å². The number of carbonyl (C=O) groups excluding carboxylic acids is 1. The number of pyridine rings is 1. The van der Waals surface area contributed by atoms with Crippen molar-refractivity contribution < 1.29 is 4.79 Å². The summed E-state index contributed by atoms with van der Waals surface area (Å²) >= 11 is 1.53. The molecule has 0 atom stereocenters. The molecule has 1 aliphatic carbocycles. The van der Waals surface area contributed by atoms with Gasteiger partial charge in [-0.2, -0.15) is 0 Å². The van der Waals surface area contributed by atoms with Gasteiger partial charge in [-0.3, -0.25) is 9.78 Å². The van der Waals surface area contributed by atoms with Crippen LogP contribution in [0.15, 0.2) is 60.0 Å². The maximum absolute atomic E-state index is 13.3. The van der Waals surface area contributed by atoms with Crippen LogP contribution in [-0.2, 0) is 11.8 Å². The van der Waals surface area contributed by atoms with Gasteiger partial charge in [0, 0.05) is 37.7 Å². The quantitative estimate of drug-likeness (QED) is 0.678. The number of aromatic nitrogens is 4. The maximum atomic E-state index is 13.3. The molecule has 3 aromatic rings. The minimum Gasteiger partial charge on any atom is -0.314 e. The smallest absolute Gasteiger partial charge is 0.243 e. The van der Waals surface area contributed by atoms with Crippen LogP contribution in [0.4, 0.5) is 5.69 Å². The molecule has 7 heteroatoms. The van der Waals surface area contributed by atoms with E-state index in [1.165, 1.54) is 11.8 Å². The van der Waals surface area contributed by atoms with E-state index in [2.05, 4.69) is 15.2 Å². The van der Waals surface area contributed by atoms with Gasteiger partial charge in [0.25, 0.3) is 0 Å². The molecule has 1 aliphatic rings. The second kappa shape index (κ2) is 7.15. The zero-order valence-corrected chi connectivity index (χ0v) is 16.2. The predicted molar refractivity (Wildman–Crippen MR) is 107 cm³/mol. The lowest BCUT2D eigenvalue weighted by atomic mass is 9.83. The van der Waals surface area contributed by atoms with Gasteiger partial charge in [-0.05, 0) is 43.5 Å². The lowest BCUT2D eigenvalue weighted by Crippen LogP contribution is -2.50. The van der Waals surface area contributed by atoms with E-state index in [1.807, 2.05) is 61.1 Å². The summed E-state index contributed by atoms with van der Waals surface area (Å²) < 4.78 is 1.47. The minimum atomic E-state index is -0.475. The standard InChI is InChI=1S/C20H21N5OS/c1-24(16-9-4-3-5-10-16)18(26)20(11-7-12-20)27-19-23-22-17(25(19)2)15-8-6-13-21-14-15/h3-6,8-10,13-14H,7,11-12H2,1-2H3. The lowest BCUT2D eigenvalue weighted by molar-refractivity contribution is -0.122. The maximum Gasteiger partial charge on any atom is 0.243 e. The lowest BCUT2D eigenvalue weighted by Gasteiger charge is -2.41. The molecule has 0 unspecified atom stereocenters. The van der Waals surface area contributed by atoms with E-state index < -0.39 is 4.75 Å². The normalized spacial score (nSPS) is 15.2.